The van der Waals surface area contributed by atoms with Gasteiger partial charge in [0.1, 0.15) is 5.92 Å². The Morgan fingerprint density at radius 2 is 1.73 bits per heavy atom. The maximum absolute atomic E-state index is 2.45. The molecule has 1 spiro atoms. The molecule has 0 bridgehead atoms. The molecule has 0 saturated heterocycles. The van der Waals surface area contributed by atoms with Crippen LogP contribution in [0.25, 0.3) is 0 Å². The highest BCUT2D eigenvalue weighted by atomic mass is 14.7. The van der Waals surface area contributed by atoms with Gasteiger partial charge >= 0.3 is 0 Å². The van der Waals surface area contributed by atoms with Crippen molar-refractivity contribution < 1.29 is 0 Å². The second kappa shape index (κ2) is 1.97. The first-order chi connectivity index (χ1) is 5.08. The monoisotopic (exact) mass is 151 g/mol. The summed E-state index contributed by atoms with van der Waals surface area (Å²) in [5.41, 5.74) is 0.821. The van der Waals surface area contributed by atoms with Crippen molar-refractivity contribution in [2.45, 2.75) is 40.5 Å². The maximum Gasteiger partial charge on any atom is 0.103 e. The maximum atomic E-state index is 2.45. The molecule has 2 aliphatic rings. The molecule has 2 rings (SSSR count). The van der Waals surface area contributed by atoms with Crippen LogP contribution in [0.15, 0.2) is 0 Å². The summed E-state index contributed by atoms with van der Waals surface area (Å²) in [6.45, 7) is 9.45. The third-order valence-electron chi connectivity index (χ3n) is 4.36. The summed E-state index contributed by atoms with van der Waals surface area (Å²) < 4.78 is 0. The molecule has 2 fully saturated rings. The van der Waals surface area contributed by atoms with Gasteiger partial charge in [-0.15, -0.1) is 0 Å². The van der Waals surface area contributed by atoms with Gasteiger partial charge < -0.3 is 0 Å². The minimum atomic E-state index is 0.821. The zero-order valence-corrected chi connectivity index (χ0v) is 8.15. The molecule has 0 amide bonds. The van der Waals surface area contributed by atoms with Gasteiger partial charge in [0.25, 0.3) is 0 Å². The second-order valence-corrected chi connectivity index (χ2v) is 5.01. The van der Waals surface area contributed by atoms with Gasteiger partial charge in [-0.1, -0.05) is 13.8 Å². The molecule has 4 atom stereocenters. The van der Waals surface area contributed by atoms with Crippen molar-refractivity contribution in [3.8, 4) is 0 Å². The highest BCUT2D eigenvalue weighted by Gasteiger charge is 2.67. The predicted molar refractivity (Wildman–Crippen MR) is 48.1 cm³/mol. The van der Waals surface area contributed by atoms with Crippen LogP contribution < -0.4 is 0 Å². The van der Waals surface area contributed by atoms with E-state index in [9.17, 15) is 0 Å². The summed E-state index contributed by atoms with van der Waals surface area (Å²) in [6.07, 6.45) is 3.01. The molecular formula is C11H19+. The molecule has 4 unspecified atom stereocenters. The van der Waals surface area contributed by atoms with Gasteiger partial charge in [0, 0.05) is 5.92 Å². The molecule has 0 aromatic heterocycles. The highest BCUT2D eigenvalue weighted by Crippen LogP contribution is 2.71. The Labute approximate surface area is 70.4 Å². The molecule has 62 valence electrons. The fourth-order valence-corrected chi connectivity index (χ4v) is 3.15. The van der Waals surface area contributed by atoms with Crippen molar-refractivity contribution in [2.24, 2.45) is 23.2 Å². The van der Waals surface area contributed by atoms with Crippen LogP contribution in [0, 0.1) is 29.1 Å². The molecule has 0 N–H and O–H groups in total. The van der Waals surface area contributed by atoms with E-state index in [1.807, 2.05) is 0 Å². The summed E-state index contributed by atoms with van der Waals surface area (Å²) in [5, 5.41) is 0. The van der Waals surface area contributed by atoms with Crippen LogP contribution >= 0.6 is 0 Å². The van der Waals surface area contributed by atoms with Crippen LogP contribution in [0.1, 0.15) is 40.5 Å². The molecule has 0 radical (unpaired) electrons. The Kier molecular flexibility index (Phi) is 1.34. The van der Waals surface area contributed by atoms with Crippen molar-refractivity contribution >= 4 is 0 Å². The zero-order chi connectivity index (χ0) is 8.22. The third kappa shape index (κ3) is 0.787. The van der Waals surface area contributed by atoms with E-state index >= 15 is 0 Å². The molecule has 2 saturated carbocycles. The minimum absolute atomic E-state index is 0.821. The summed E-state index contributed by atoms with van der Waals surface area (Å²) in [5.74, 6) is 4.64. The predicted octanol–water partition coefficient (Wildman–Crippen LogP) is 3.28. The molecular weight excluding hydrogens is 132 g/mol. The summed E-state index contributed by atoms with van der Waals surface area (Å²) in [7, 11) is 0. The van der Waals surface area contributed by atoms with Crippen LogP contribution in [-0.4, -0.2) is 0 Å². The van der Waals surface area contributed by atoms with Crippen molar-refractivity contribution in [1.29, 1.82) is 0 Å². The van der Waals surface area contributed by atoms with Gasteiger partial charge in [-0.25, -0.2) is 0 Å². The summed E-state index contributed by atoms with van der Waals surface area (Å²) in [6, 6.07) is 0. The van der Waals surface area contributed by atoms with Gasteiger partial charge in [0.15, 0.2) is 0 Å². The SMILES string of the molecule is C[C+](C)C1CC2(CC2C)C1C. The molecule has 2 aliphatic carbocycles. The largest absolute Gasteiger partial charge is 0.103 e. The standard InChI is InChI=1S/C11H19/c1-7(2)10-6-11(9(10)4)5-8(11)3/h8-10H,5-6H2,1-4H3/q+1. The van der Waals surface area contributed by atoms with Crippen molar-refractivity contribution in [3.05, 3.63) is 5.92 Å². The third-order valence-corrected chi connectivity index (χ3v) is 4.36. The normalized spacial score (nSPS) is 54.0. The molecule has 0 heterocycles. The van der Waals surface area contributed by atoms with E-state index in [1.54, 1.807) is 5.92 Å². The van der Waals surface area contributed by atoms with E-state index in [0.717, 1.165) is 23.2 Å². The lowest BCUT2D eigenvalue weighted by Gasteiger charge is -2.41. The Hall–Kier alpha value is -0.130. The summed E-state index contributed by atoms with van der Waals surface area (Å²) in [4.78, 5) is 0. The Morgan fingerprint density at radius 3 is 2.00 bits per heavy atom. The van der Waals surface area contributed by atoms with E-state index < -0.39 is 0 Å². The van der Waals surface area contributed by atoms with Gasteiger partial charge in [-0.2, -0.15) is 0 Å². The lowest BCUT2D eigenvalue weighted by atomic mass is 9.58. The quantitative estimate of drug-likeness (QED) is 0.504. The fraction of sp³-hybridized carbons (Fsp3) is 0.909. The molecule has 0 aromatic rings. The molecule has 0 aliphatic heterocycles. The molecule has 0 heteroatoms. The minimum Gasteiger partial charge on any atom is -0.0619 e. The van der Waals surface area contributed by atoms with E-state index in [4.69, 9.17) is 0 Å². The Morgan fingerprint density at radius 1 is 1.18 bits per heavy atom. The molecule has 0 nitrogen and oxygen atoms in total. The van der Waals surface area contributed by atoms with E-state index in [1.165, 1.54) is 12.8 Å². The number of rotatable bonds is 1. The first-order valence-corrected chi connectivity index (χ1v) is 4.88. The first-order valence-electron chi connectivity index (χ1n) is 4.88. The average Bonchev–Trinajstić information content (AvgIpc) is 2.58. The van der Waals surface area contributed by atoms with Crippen LogP contribution in [-0.2, 0) is 0 Å². The second-order valence-electron chi connectivity index (χ2n) is 5.01. The zero-order valence-electron chi connectivity index (χ0n) is 8.15. The lowest BCUT2D eigenvalue weighted by Crippen LogP contribution is -2.39. The van der Waals surface area contributed by atoms with Gasteiger partial charge in [0.05, 0.1) is 19.8 Å². The van der Waals surface area contributed by atoms with Crippen molar-refractivity contribution in [2.75, 3.05) is 0 Å². The highest BCUT2D eigenvalue weighted by molar-refractivity contribution is 5.17. The smallest absolute Gasteiger partial charge is 0.0619 e. The topological polar surface area (TPSA) is 0 Å². The van der Waals surface area contributed by atoms with Crippen LogP contribution in [0.3, 0.4) is 0 Å². The van der Waals surface area contributed by atoms with E-state index in [2.05, 4.69) is 27.7 Å². The van der Waals surface area contributed by atoms with Crippen molar-refractivity contribution in [1.82, 2.24) is 0 Å². The fourth-order valence-electron chi connectivity index (χ4n) is 3.15. The lowest BCUT2D eigenvalue weighted by molar-refractivity contribution is 0.0621. The molecule has 0 aromatic carbocycles. The Bertz CT molecular complexity index is 171. The van der Waals surface area contributed by atoms with Crippen molar-refractivity contribution in [3.63, 3.8) is 0 Å². The Balaban J connectivity index is 1.97. The summed E-state index contributed by atoms with van der Waals surface area (Å²) >= 11 is 0. The van der Waals surface area contributed by atoms with Gasteiger partial charge in [-0.05, 0) is 24.2 Å². The van der Waals surface area contributed by atoms with Crippen LogP contribution in [0.4, 0.5) is 0 Å². The first kappa shape index (κ1) is 7.52. The van der Waals surface area contributed by atoms with E-state index in [0.29, 0.717) is 0 Å². The van der Waals surface area contributed by atoms with Crippen LogP contribution in [0.2, 0.25) is 0 Å². The van der Waals surface area contributed by atoms with Crippen LogP contribution in [0.5, 0.6) is 0 Å². The average molecular weight is 151 g/mol. The van der Waals surface area contributed by atoms with Gasteiger partial charge in [0.2, 0.25) is 0 Å². The number of hydrogen-bond acceptors (Lipinski definition) is 0. The van der Waals surface area contributed by atoms with Gasteiger partial charge in [-0.3, -0.25) is 0 Å². The van der Waals surface area contributed by atoms with E-state index in [-0.39, 0.29) is 0 Å². The molecule has 11 heavy (non-hydrogen) atoms. The number of hydrogen-bond donors (Lipinski definition) is 0.